The second-order valence-corrected chi connectivity index (χ2v) is 4.79. The Hall–Kier alpha value is -1.62. The summed E-state index contributed by atoms with van der Waals surface area (Å²) >= 11 is 4.98. The molecule has 1 aromatic carbocycles. The van der Waals surface area contributed by atoms with E-state index < -0.39 is 31.5 Å². The standard InChI is InChI=1S/C13H19N3O5S/c17-6-9(11(20)12(21)10(19)7-18)15-16-13(22)14-8-4-2-1-3-5-8/h1-5,10-12,17-21H,6-7H2,(H2,14,16,22)/b15-9+/t10-,11-,12-/m1/s1. The predicted octanol–water partition coefficient (Wildman–Crippen LogP) is -1.60. The van der Waals surface area contributed by atoms with Crippen molar-refractivity contribution in [2.45, 2.75) is 18.3 Å². The number of para-hydroxylation sites is 1. The Balaban J connectivity index is 2.62. The fourth-order valence-corrected chi connectivity index (χ4v) is 1.68. The lowest BCUT2D eigenvalue weighted by atomic mass is 10.0. The van der Waals surface area contributed by atoms with Gasteiger partial charge in [-0.15, -0.1) is 0 Å². The average molecular weight is 329 g/mol. The van der Waals surface area contributed by atoms with E-state index in [-0.39, 0.29) is 10.8 Å². The Bertz CT molecular complexity index is 500. The number of nitrogens with one attached hydrogen (secondary N) is 2. The molecule has 1 rings (SSSR count). The summed E-state index contributed by atoms with van der Waals surface area (Å²) in [5, 5.41) is 53.1. The van der Waals surface area contributed by atoms with Gasteiger partial charge in [0.2, 0.25) is 0 Å². The third-order valence-corrected chi connectivity index (χ3v) is 2.93. The van der Waals surface area contributed by atoms with E-state index in [2.05, 4.69) is 15.8 Å². The topological polar surface area (TPSA) is 138 Å². The summed E-state index contributed by atoms with van der Waals surface area (Å²) in [6.45, 7) is -1.41. The monoisotopic (exact) mass is 329 g/mol. The summed E-state index contributed by atoms with van der Waals surface area (Å²) < 4.78 is 0. The Labute approximate surface area is 132 Å². The molecule has 0 saturated carbocycles. The molecule has 7 N–H and O–H groups in total. The summed E-state index contributed by atoms with van der Waals surface area (Å²) in [5.74, 6) is 0. The molecule has 0 spiro atoms. The molecule has 3 atom stereocenters. The highest BCUT2D eigenvalue weighted by Gasteiger charge is 2.28. The van der Waals surface area contributed by atoms with Crippen LogP contribution in [0.5, 0.6) is 0 Å². The van der Waals surface area contributed by atoms with Gasteiger partial charge in [0, 0.05) is 5.69 Å². The number of hydrogen-bond donors (Lipinski definition) is 7. The molecule has 0 radical (unpaired) electrons. The zero-order valence-electron chi connectivity index (χ0n) is 11.6. The lowest BCUT2D eigenvalue weighted by molar-refractivity contribution is -0.0565. The van der Waals surface area contributed by atoms with E-state index in [0.717, 1.165) is 5.69 Å². The van der Waals surface area contributed by atoms with Gasteiger partial charge in [0.15, 0.2) is 5.11 Å². The van der Waals surface area contributed by atoms with Crippen LogP contribution in [0.3, 0.4) is 0 Å². The maximum Gasteiger partial charge on any atom is 0.191 e. The van der Waals surface area contributed by atoms with Gasteiger partial charge in [-0.25, -0.2) is 0 Å². The molecule has 22 heavy (non-hydrogen) atoms. The van der Waals surface area contributed by atoms with Gasteiger partial charge in [0.1, 0.15) is 18.3 Å². The SMILES string of the molecule is OC/C(=N\NC(=S)Nc1ccccc1)[C@@H](O)[C@H](O)[C@H](O)CO. The van der Waals surface area contributed by atoms with Gasteiger partial charge in [-0.05, 0) is 24.4 Å². The number of hydrogen-bond acceptors (Lipinski definition) is 7. The van der Waals surface area contributed by atoms with Gasteiger partial charge >= 0.3 is 0 Å². The van der Waals surface area contributed by atoms with E-state index in [4.69, 9.17) is 22.4 Å². The number of anilines is 1. The Morgan fingerprint density at radius 3 is 2.32 bits per heavy atom. The van der Waals surface area contributed by atoms with E-state index in [1.165, 1.54) is 0 Å². The van der Waals surface area contributed by atoms with Gasteiger partial charge in [-0.3, -0.25) is 5.43 Å². The number of hydrazone groups is 1. The molecule has 0 heterocycles. The van der Waals surface area contributed by atoms with Crippen molar-refractivity contribution in [2.75, 3.05) is 18.5 Å². The molecular formula is C13H19N3O5S. The third kappa shape index (κ3) is 5.64. The summed E-state index contributed by atoms with van der Waals surface area (Å²) in [5.41, 5.74) is 2.89. The number of benzene rings is 1. The van der Waals surface area contributed by atoms with Crippen LogP contribution in [0.25, 0.3) is 0 Å². The molecule has 1 aromatic rings. The zero-order chi connectivity index (χ0) is 16.5. The lowest BCUT2D eigenvalue weighted by Gasteiger charge is -2.22. The van der Waals surface area contributed by atoms with Crippen LogP contribution in [0.4, 0.5) is 5.69 Å². The molecule has 0 aliphatic heterocycles. The quantitative estimate of drug-likeness (QED) is 0.180. The number of aliphatic hydroxyl groups excluding tert-OH is 5. The van der Waals surface area contributed by atoms with E-state index >= 15 is 0 Å². The molecule has 0 saturated heterocycles. The molecule has 0 aliphatic rings. The van der Waals surface area contributed by atoms with Crippen molar-refractivity contribution in [1.29, 1.82) is 0 Å². The maximum atomic E-state index is 9.77. The van der Waals surface area contributed by atoms with E-state index in [9.17, 15) is 15.3 Å². The summed E-state index contributed by atoms with van der Waals surface area (Å²) in [4.78, 5) is 0. The first-order valence-electron chi connectivity index (χ1n) is 6.44. The van der Waals surface area contributed by atoms with Crippen LogP contribution in [-0.2, 0) is 0 Å². The molecule has 0 aliphatic carbocycles. The van der Waals surface area contributed by atoms with Crippen molar-refractivity contribution < 1.29 is 25.5 Å². The third-order valence-electron chi connectivity index (χ3n) is 2.74. The first-order chi connectivity index (χ1) is 10.5. The molecule has 0 fully saturated rings. The summed E-state index contributed by atoms with van der Waals surface area (Å²) in [7, 11) is 0. The van der Waals surface area contributed by atoms with Crippen molar-refractivity contribution in [3.63, 3.8) is 0 Å². The Morgan fingerprint density at radius 1 is 1.14 bits per heavy atom. The van der Waals surface area contributed by atoms with Crippen LogP contribution >= 0.6 is 12.2 Å². The molecule has 0 aromatic heterocycles. The van der Waals surface area contributed by atoms with Gasteiger partial charge < -0.3 is 30.8 Å². The minimum Gasteiger partial charge on any atom is -0.394 e. The molecule has 0 bridgehead atoms. The van der Waals surface area contributed by atoms with Crippen molar-refractivity contribution >= 4 is 28.7 Å². The maximum absolute atomic E-state index is 9.77. The average Bonchev–Trinajstić information content (AvgIpc) is 2.54. The Morgan fingerprint density at radius 2 is 1.77 bits per heavy atom. The fourth-order valence-electron chi connectivity index (χ4n) is 1.51. The first-order valence-corrected chi connectivity index (χ1v) is 6.84. The molecule has 0 amide bonds. The second kappa shape index (κ2) is 9.41. The van der Waals surface area contributed by atoms with Crippen molar-refractivity contribution in [3.8, 4) is 0 Å². The summed E-state index contributed by atoms with van der Waals surface area (Å²) in [6, 6.07) is 9.02. The highest BCUT2D eigenvalue weighted by atomic mass is 32.1. The minimum atomic E-state index is -1.69. The van der Waals surface area contributed by atoms with Gasteiger partial charge in [-0.1, -0.05) is 18.2 Å². The molecule has 122 valence electrons. The van der Waals surface area contributed by atoms with E-state index in [1.54, 1.807) is 12.1 Å². The molecule has 9 heteroatoms. The van der Waals surface area contributed by atoms with Crippen LogP contribution in [0.1, 0.15) is 0 Å². The van der Waals surface area contributed by atoms with Crippen LogP contribution in [0.15, 0.2) is 35.4 Å². The lowest BCUT2D eigenvalue weighted by Crippen LogP contribution is -2.45. The van der Waals surface area contributed by atoms with Gasteiger partial charge in [-0.2, -0.15) is 5.10 Å². The van der Waals surface area contributed by atoms with Gasteiger partial charge in [0.05, 0.1) is 18.9 Å². The highest BCUT2D eigenvalue weighted by molar-refractivity contribution is 7.80. The van der Waals surface area contributed by atoms with Gasteiger partial charge in [0.25, 0.3) is 0 Å². The minimum absolute atomic E-state index is 0.113. The van der Waals surface area contributed by atoms with E-state index in [1.807, 2.05) is 18.2 Å². The highest BCUT2D eigenvalue weighted by Crippen LogP contribution is 2.05. The number of aliphatic hydroxyl groups is 5. The van der Waals surface area contributed by atoms with Crippen LogP contribution in [-0.4, -0.2) is 67.9 Å². The molecule has 8 nitrogen and oxygen atoms in total. The Kier molecular flexibility index (Phi) is 7.88. The molecular weight excluding hydrogens is 310 g/mol. The first kappa shape index (κ1) is 18.4. The van der Waals surface area contributed by atoms with Crippen LogP contribution in [0.2, 0.25) is 0 Å². The van der Waals surface area contributed by atoms with Crippen molar-refractivity contribution in [2.24, 2.45) is 5.10 Å². The van der Waals surface area contributed by atoms with E-state index in [0.29, 0.717) is 0 Å². The zero-order valence-corrected chi connectivity index (χ0v) is 12.4. The molecule has 0 unspecified atom stereocenters. The normalized spacial score (nSPS) is 15.8. The number of nitrogens with zero attached hydrogens (tertiary/aromatic N) is 1. The fraction of sp³-hybridized carbons (Fsp3) is 0.385. The smallest absolute Gasteiger partial charge is 0.191 e. The largest absolute Gasteiger partial charge is 0.394 e. The number of thiocarbonyl (C=S) groups is 1. The van der Waals surface area contributed by atoms with Crippen molar-refractivity contribution in [3.05, 3.63) is 30.3 Å². The number of rotatable bonds is 7. The second-order valence-electron chi connectivity index (χ2n) is 4.38. The van der Waals surface area contributed by atoms with Crippen molar-refractivity contribution in [1.82, 2.24) is 5.43 Å². The summed E-state index contributed by atoms with van der Waals surface area (Å²) in [6.07, 6.45) is -4.89. The van der Waals surface area contributed by atoms with Crippen LogP contribution in [0, 0.1) is 0 Å². The predicted molar refractivity (Wildman–Crippen MR) is 85.4 cm³/mol. The van der Waals surface area contributed by atoms with Crippen LogP contribution < -0.4 is 10.7 Å².